The zero-order valence-electron chi connectivity index (χ0n) is 23.6. The fourth-order valence-corrected chi connectivity index (χ4v) is 9.10. The van der Waals surface area contributed by atoms with Gasteiger partial charge in [-0.05, 0) is 0 Å². The van der Waals surface area contributed by atoms with Gasteiger partial charge in [0.2, 0.25) is 0 Å². The Bertz CT molecular complexity index is 1980. The van der Waals surface area contributed by atoms with Crippen LogP contribution in [0.4, 0.5) is 20.5 Å². The van der Waals surface area contributed by atoms with Crippen LogP contribution in [0.2, 0.25) is 0 Å². The number of terminal acetylenes is 1. The van der Waals surface area contributed by atoms with Gasteiger partial charge in [-0.15, -0.1) is 0 Å². The van der Waals surface area contributed by atoms with Gasteiger partial charge >= 0.3 is 274 Å². The summed E-state index contributed by atoms with van der Waals surface area (Å²) in [7, 11) is -9.14. The quantitative estimate of drug-likeness (QED) is 0.0858. The molecule has 0 amide bonds. The molecule has 0 radical (unpaired) electrons. The number of nitrogens with two attached hydrogens (primary N) is 2. The summed E-state index contributed by atoms with van der Waals surface area (Å²) < 4.78 is 68.4. The third-order valence-electron chi connectivity index (χ3n) is 7.91. The molecule has 24 heteroatoms. The Kier molecular flexibility index (Phi) is 8.14. The molecule has 3 aliphatic rings. The maximum atomic E-state index is 16.0. The summed E-state index contributed by atoms with van der Waals surface area (Å²) >= 11 is 8.40. The van der Waals surface area contributed by atoms with E-state index in [-0.39, 0.29) is 40.4 Å². The van der Waals surface area contributed by atoms with Crippen LogP contribution in [0.5, 0.6) is 0 Å². The van der Waals surface area contributed by atoms with Crippen molar-refractivity contribution in [2.75, 3.05) is 24.7 Å². The number of aromatic nitrogens is 7. The average molecular weight is 738 g/mol. The number of ether oxygens (including phenoxy) is 2. The van der Waals surface area contributed by atoms with E-state index < -0.39 is 81.4 Å². The molecule has 3 aliphatic heterocycles. The molecule has 7 rings (SSSR count). The minimum absolute atomic E-state index is 0.0573. The number of fused-ring (bicyclic) bond motifs is 5. The van der Waals surface area contributed by atoms with E-state index in [9.17, 15) is 19.0 Å². The van der Waals surface area contributed by atoms with E-state index in [1.165, 1.54) is 9.13 Å². The Morgan fingerprint density at radius 2 is 1.91 bits per heavy atom. The van der Waals surface area contributed by atoms with E-state index in [0.717, 1.165) is 18.9 Å². The van der Waals surface area contributed by atoms with E-state index in [4.69, 9.17) is 45.5 Å². The summed E-state index contributed by atoms with van der Waals surface area (Å²) in [4.78, 5) is 53.1. The third kappa shape index (κ3) is 5.73. The second-order valence-corrected chi connectivity index (χ2v) is 17.5. The molecule has 0 spiro atoms. The van der Waals surface area contributed by atoms with Crippen molar-refractivity contribution in [1.82, 2.24) is 34.1 Å². The number of rotatable bonds is 2. The molecular formula is C23H27F2N9O9P2S2. The first-order valence-electron chi connectivity index (χ1n) is 13.7. The molecule has 18 nitrogen and oxygen atoms in total. The standard InChI is InChI=1S/C23H27F2N9O9P2S2/c1-2-23-6-39-45(37,47)43-16-14(25)10(40-21(16)34-8-30-15-19(34)31-22(27)32-20(15)35)5-38-44(36,46)42-11(23)3-12(41-23)33-4-9(24)13-17(26)28-7-29-18(13)33/h1,4,7-8,10-12,14,16,21,36-37,44-47H,3,5-6H2,(H2,26,28,29)(H3,27,31,32,35)/t10-,11+,12-,14-,16-,21-,23-/m1/s1. The summed E-state index contributed by atoms with van der Waals surface area (Å²) in [6, 6.07) is 0. The van der Waals surface area contributed by atoms with Crippen LogP contribution in [0.25, 0.3) is 22.2 Å². The van der Waals surface area contributed by atoms with Crippen LogP contribution in [-0.2, 0) is 27.6 Å². The fourth-order valence-electron chi connectivity index (χ4n) is 5.76. The van der Waals surface area contributed by atoms with Gasteiger partial charge in [0.25, 0.3) is 0 Å². The Hall–Kier alpha value is -2.77. The van der Waals surface area contributed by atoms with Crippen molar-refractivity contribution in [3.63, 3.8) is 0 Å². The van der Waals surface area contributed by atoms with Crippen molar-refractivity contribution in [1.29, 1.82) is 0 Å². The predicted octanol–water partition coefficient (Wildman–Crippen LogP) is 0.876. The number of nitrogen functional groups attached to an aromatic ring is 2. The summed E-state index contributed by atoms with van der Waals surface area (Å²) in [6.45, 7) is -1.29. The number of aromatic amines is 1. The number of alkyl halides is 1. The first-order valence-corrected chi connectivity index (χ1v) is 19.8. The summed E-state index contributed by atoms with van der Waals surface area (Å²) in [6.07, 6.45) is 0.318. The molecule has 0 saturated carbocycles. The van der Waals surface area contributed by atoms with Crippen molar-refractivity contribution >= 4 is 72.8 Å². The molecule has 2 bridgehead atoms. The topological polar surface area (TPSA) is 242 Å². The Morgan fingerprint density at radius 3 is 2.68 bits per heavy atom. The number of imidazole rings is 1. The first-order chi connectivity index (χ1) is 22.2. The number of hydrogen-bond acceptors (Lipinski definition) is 17. The van der Waals surface area contributed by atoms with Gasteiger partial charge in [0, 0.05) is 0 Å². The van der Waals surface area contributed by atoms with Crippen molar-refractivity contribution in [3.05, 3.63) is 35.0 Å². The van der Waals surface area contributed by atoms with Gasteiger partial charge in [-0.25, -0.2) is 0 Å². The molecule has 47 heavy (non-hydrogen) atoms. The monoisotopic (exact) mass is 737 g/mol. The van der Waals surface area contributed by atoms with Crippen molar-refractivity contribution < 1.29 is 46.1 Å². The molecular weight excluding hydrogens is 710 g/mol. The average Bonchev–Trinajstić information content (AvgIpc) is 3.74. The minimum atomic E-state index is -4.65. The number of thiol groups is 2. The van der Waals surface area contributed by atoms with E-state index in [0.29, 0.717) is 0 Å². The van der Waals surface area contributed by atoms with Crippen LogP contribution < -0.4 is 17.0 Å². The summed E-state index contributed by atoms with van der Waals surface area (Å²) in [5, 5.41) is -0.0573. The van der Waals surface area contributed by atoms with Crippen LogP contribution >= 0.6 is 38.8 Å². The van der Waals surface area contributed by atoms with E-state index in [2.05, 4.69) is 55.3 Å². The summed E-state index contributed by atoms with van der Waals surface area (Å²) in [5.74, 6) is 1.35. The second kappa shape index (κ2) is 11.7. The Labute approximate surface area is 273 Å². The van der Waals surface area contributed by atoms with Crippen LogP contribution in [0, 0.1) is 18.2 Å². The third-order valence-corrected chi connectivity index (χ3v) is 11.6. The Morgan fingerprint density at radius 1 is 1.15 bits per heavy atom. The number of H-pyrrole nitrogens is 1. The molecule has 0 unspecified atom stereocenters. The van der Waals surface area contributed by atoms with Crippen LogP contribution in [-0.4, -0.2) is 87.1 Å². The van der Waals surface area contributed by atoms with Crippen molar-refractivity contribution in [2.24, 2.45) is 0 Å². The van der Waals surface area contributed by atoms with Gasteiger partial charge in [-0.2, -0.15) is 0 Å². The number of anilines is 2. The Balaban J connectivity index is 1.23. The summed E-state index contributed by atoms with van der Waals surface area (Å²) in [5.41, 5.74) is 8.88. The van der Waals surface area contributed by atoms with Gasteiger partial charge in [-0.3, -0.25) is 0 Å². The van der Waals surface area contributed by atoms with Crippen LogP contribution in [0.1, 0.15) is 18.9 Å². The molecule has 254 valence electrons. The fraction of sp³-hybridized carbons (Fsp3) is 0.435. The van der Waals surface area contributed by atoms with Gasteiger partial charge in [0.05, 0.1) is 0 Å². The molecule has 3 fully saturated rings. The van der Waals surface area contributed by atoms with E-state index in [1.807, 2.05) is 0 Å². The molecule has 7 heterocycles. The van der Waals surface area contributed by atoms with Crippen LogP contribution in [0.15, 0.2) is 23.6 Å². The van der Waals surface area contributed by atoms with Gasteiger partial charge in [0.1, 0.15) is 0 Å². The number of hydrogen-bond donors (Lipinski definition) is 7. The maximum absolute atomic E-state index is 16.0. The SMILES string of the molecule is C#C[C@@]12CO[PH](O)(S)O[C@@H]3[C@H](F)[C@@H](CO[PH](O)(S)O[C@H]1C[C@H](n1cc(F)c4c(N)ncnc41)O2)O[C@H]3n1cnc2c(=O)[nH]c(N)nc21. The zero-order valence-corrected chi connectivity index (χ0v) is 27.4. The zero-order chi connectivity index (χ0) is 33.5. The molecule has 0 aromatic carbocycles. The van der Waals surface area contributed by atoms with Gasteiger partial charge < -0.3 is 0 Å². The van der Waals surface area contributed by atoms with E-state index >= 15 is 4.39 Å². The first kappa shape index (κ1) is 32.8. The molecule has 7 N–H and O–H groups in total. The molecule has 4 aromatic heterocycles. The number of nitrogens with one attached hydrogen (secondary N) is 1. The van der Waals surface area contributed by atoms with E-state index in [1.54, 1.807) is 0 Å². The van der Waals surface area contributed by atoms with Crippen molar-refractivity contribution in [3.8, 4) is 12.3 Å². The molecule has 3 saturated heterocycles. The van der Waals surface area contributed by atoms with Gasteiger partial charge in [0.15, 0.2) is 0 Å². The number of nitrogens with zero attached hydrogens (tertiary/aromatic N) is 6. The predicted molar refractivity (Wildman–Crippen MR) is 170 cm³/mol. The number of halogens is 2. The van der Waals surface area contributed by atoms with Crippen molar-refractivity contribution in [2.45, 2.75) is 49.0 Å². The molecule has 0 aliphatic carbocycles. The second-order valence-electron chi connectivity index (χ2n) is 10.9. The van der Waals surface area contributed by atoms with Crippen LogP contribution in [0.3, 0.4) is 0 Å². The normalized spacial score (nSPS) is 33.7. The molecule has 4 aromatic rings. The van der Waals surface area contributed by atoms with Gasteiger partial charge in [-0.1, -0.05) is 0 Å². The molecule has 7 atom stereocenters.